The Morgan fingerprint density at radius 2 is 1.81 bits per heavy atom. The molecule has 0 bridgehead atoms. The molecule has 5 nitrogen and oxygen atoms in total. The molecule has 0 saturated carbocycles. The summed E-state index contributed by atoms with van der Waals surface area (Å²) in [7, 11) is 0. The van der Waals surface area contributed by atoms with Gasteiger partial charge in [-0.05, 0) is 29.9 Å². The number of carboxylic acid groups (broad SMARTS) is 1. The number of nitrogens with one attached hydrogen (secondary N) is 2. The minimum atomic E-state index is -1.01. The van der Waals surface area contributed by atoms with Crippen molar-refractivity contribution < 1.29 is 14.7 Å². The summed E-state index contributed by atoms with van der Waals surface area (Å²) in [5.74, 6) is -0.806. The molecule has 0 saturated heterocycles. The van der Waals surface area contributed by atoms with Crippen LogP contribution < -0.4 is 10.6 Å². The third kappa shape index (κ3) is 5.85. The summed E-state index contributed by atoms with van der Waals surface area (Å²) >= 11 is 0. The predicted molar refractivity (Wildman–Crippen MR) is 82.1 cm³/mol. The average Bonchev–Trinajstić information content (AvgIpc) is 2.44. The third-order valence-electron chi connectivity index (χ3n) is 3.25. The Hall–Kier alpha value is -2.04. The maximum Gasteiger partial charge on any atom is 0.326 e. The molecule has 1 aromatic rings. The van der Waals surface area contributed by atoms with Gasteiger partial charge in [0, 0.05) is 6.54 Å². The van der Waals surface area contributed by atoms with Crippen LogP contribution in [0.4, 0.5) is 4.79 Å². The van der Waals surface area contributed by atoms with Gasteiger partial charge >= 0.3 is 12.0 Å². The van der Waals surface area contributed by atoms with Gasteiger partial charge < -0.3 is 15.7 Å². The number of hydrogen-bond acceptors (Lipinski definition) is 2. The summed E-state index contributed by atoms with van der Waals surface area (Å²) in [5.41, 5.74) is 2.22. The first kappa shape index (κ1) is 17.0. The third-order valence-corrected chi connectivity index (χ3v) is 3.25. The first-order valence-electron chi connectivity index (χ1n) is 7.28. The molecule has 0 aliphatic heterocycles. The molecule has 0 aromatic heterocycles. The predicted octanol–water partition coefficient (Wildman–Crippen LogP) is 2.55. The standard InChI is InChI=1S/C16H24N2O3/c1-4-12-7-5-6-8-13(12)10-17-16(21)18-14(15(19)20)9-11(2)3/h5-8,11,14H,4,9-10H2,1-3H3,(H,19,20)(H2,17,18,21)/t14-/m1/s1. The lowest BCUT2D eigenvalue weighted by Gasteiger charge is -2.17. The second-order valence-corrected chi connectivity index (χ2v) is 5.47. The van der Waals surface area contributed by atoms with E-state index in [1.54, 1.807) is 0 Å². The van der Waals surface area contributed by atoms with Crippen LogP contribution >= 0.6 is 0 Å². The Morgan fingerprint density at radius 3 is 2.33 bits per heavy atom. The smallest absolute Gasteiger partial charge is 0.326 e. The van der Waals surface area contributed by atoms with Crippen molar-refractivity contribution in [1.82, 2.24) is 10.6 Å². The van der Waals surface area contributed by atoms with Crippen molar-refractivity contribution in [2.75, 3.05) is 0 Å². The zero-order valence-corrected chi connectivity index (χ0v) is 12.8. The lowest BCUT2D eigenvalue weighted by molar-refractivity contribution is -0.139. The van der Waals surface area contributed by atoms with E-state index in [1.807, 2.05) is 38.1 Å². The van der Waals surface area contributed by atoms with E-state index in [2.05, 4.69) is 17.6 Å². The number of carboxylic acids is 1. The van der Waals surface area contributed by atoms with E-state index >= 15 is 0 Å². The summed E-state index contributed by atoms with van der Waals surface area (Å²) in [6.07, 6.45) is 1.30. The van der Waals surface area contributed by atoms with Gasteiger partial charge in [0.25, 0.3) is 0 Å². The van der Waals surface area contributed by atoms with Crippen molar-refractivity contribution in [2.45, 2.75) is 46.2 Å². The zero-order valence-electron chi connectivity index (χ0n) is 12.8. The highest BCUT2D eigenvalue weighted by atomic mass is 16.4. The number of amides is 2. The van der Waals surface area contributed by atoms with Crippen LogP contribution in [0.25, 0.3) is 0 Å². The number of carbonyl (C=O) groups is 2. The van der Waals surface area contributed by atoms with Crippen molar-refractivity contribution in [2.24, 2.45) is 5.92 Å². The van der Waals surface area contributed by atoms with Crippen molar-refractivity contribution >= 4 is 12.0 Å². The van der Waals surface area contributed by atoms with Crippen molar-refractivity contribution in [3.05, 3.63) is 35.4 Å². The van der Waals surface area contributed by atoms with Crippen LogP contribution in [-0.2, 0) is 17.8 Å². The monoisotopic (exact) mass is 292 g/mol. The fraction of sp³-hybridized carbons (Fsp3) is 0.500. The van der Waals surface area contributed by atoms with Crippen LogP contribution in [0.2, 0.25) is 0 Å². The summed E-state index contributed by atoms with van der Waals surface area (Å²) in [6, 6.07) is 6.56. The first-order valence-corrected chi connectivity index (χ1v) is 7.28. The SMILES string of the molecule is CCc1ccccc1CNC(=O)N[C@H](CC(C)C)C(=O)O. The Morgan fingerprint density at radius 1 is 1.19 bits per heavy atom. The van der Waals surface area contributed by atoms with Crippen LogP contribution in [-0.4, -0.2) is 23.1 Å². The Kier molecular flexibility index (Phi) is 6.72. The van der Waals surface area contributed by atoms with Crippen LogP contribution in [0.5, 0.6) is 0 Å². The van der Waals surface area contributed by atoms with Gasteiger partial charge in [-0.3, -0.25) is 0 Å². The molecule has 0 aliphatic carbocycles. The molecule has 0 radical (unpaired) electrons. The van der Waals surface area contributed by atoms with E-state index in [4.69, 9.17) is 5.11 Å². The Labute approximate surface area is 125 Å². The quantitative estimate of drug-likeness (QED) is 0.722. The van der Waals surface area contributed by atoms with Gasteiger partial charge in [-0.25, -0.2) is 9.59 Å². The number of hydrogen-bond donors (Lipinski definition) is 3. The summed E-state index contributed by atoms with van der Waals surface area (Å²) < 4.78 is 0. The molecule has 0 spiro atoms. The molecule has 5 heteroatoms. The van der Waals surface area contributed by atoms with Gasteiger partial charge in [-0.15, -0.1) is 0 Å². The van der Waals surface area contributed by atoms with E-state index in [-0.39, 0.29) is 5.92 Å². The molecule has 0 heterocycles. The van der Waals surface area contributed by atoms with Gasteiger partial charge in [0.05, 0.1) is 0 Å². The summed E-state index contributed by atoms with van der Waals surface area (Å²) in [6.45, 7) is 6.30. The Bertz CT molecular complexity index is 486. The molecule has 21 heavy (non-hydrogen) atoms. The fourth-order valence-electron chi connectivity index (χ4n) is 2.15. The highest BCUT2D eigenvalue weighted by molar-refractivity contribution is 5.82. The van der Waals surface area contributed by atoms with Gasteiger partial charge in [0.1, 0.15) is 6.04 Å². The Balaban J connectivity index is 2.54. The second-order valence-electron chi connectivity index (χ2n) is 5.47. The molecule has 2 amide bonds. The number of aryl methyl sites for hydroxylation is 1. The number of rotatable bonds is 7. The molecule has 0 unspecified atom stereocenters. The van der Waals surface area contributed by atoms with Gasteiger partial charge in [-0.1, -0.05) is 45.0 Å². The number of aliphatic carboxylic acids is 1. The molecular formula is C16H24N2O3. The maximum absolute atomic E-state index is 11.8. The number of carbonyl (C=O) groups excluding carboxylic acids is 1. The van der Waals surface area contributed by atoms with Crippen LogP contribution in [0.15, 0.2) is 24.3 Å². The molecule has 0 fully saturated rings. The number of urea groups is 1. The van der Waals surface area contributed by atoms with E-state index in [9.17, 15) is 9.59 Å². The molecule has 3 N–H and O–H groups in total. The molecule has 1 rings (SSSR count). The van der Waals surface area contributed by atoms with Gasteiger partial charge in [0.15, 0.2) is 0 Å². The van der Waals surface area contributed by atoms with Crippen LogP contribution in [0, 0.1) is 5.92 Å². The van der Waals surface area contributed by atoms with Crippen LogP contribution in [0.1, 0.15) is 38.3 Å². The minimum absolute atomic E-state index is 0.201. The highest BCUT2D eigenvalue weighted by Crippen LogP contribution is 2.09. The van der Waals surface area contributed by atoms with E-state index in [1.165, 1.54) is 5.56 Å². The lowest BCUT2D eigenvalue weighted by atomic mass is 10.0. The van der Waals surface area contributed by atoms with Crippen molar-refractivity contribution in [3.8, 4) is 0 Å². The van der Waals surface area contributed by atoms with Crippen LogP contribution in [0.3, 0.4) is 0 Å². The minimum Gasteiger partial charge on any atom is -0.480 e. The van der Waals surface area contributed by atoms with Gasteiger partial charge in [0.2, 0.25) is 0 Å². The summed E-state index contributed by atoms with van der Waals surface area (Å²) in [5, 5.41) is 14.3. The molecule has 1 atom stereocenters. The average molecular weight is 292 g/mol. The normalized spacial score (nSPS) is 12.0. The first-order chi connectivity index (χ1) is 9.93. The van der Waals surface area contributed by atoms with E-state index in [0.717, 1.165) is 12.0 Å². The lowest BCUT2D eigenvalue weighted by Crippen LogP contribution is -2.46. The van der Waals surface area contributed by atoms with E-state index in [0.29, 0.717) is 13.0 Å². The molecule has 0 aliphatic rings. The highest BCUT2D eigenvalue weighted by Gasteiger charge is 2.20. The largest absolute Gasteiger partial charge is 0.480 e. The summed E-state index contributed by atoms with van der Waals surface area (Å²) in [4.78, 5) is 22.9. The number of benzene rings is 1. The maximum atomic E-state index is 11.8. The second kappa shape index (κ2) is 8.29. The van der Waals surface area contributed by atoms with Gasteiger partial charge in [-0.2, -0.15) is 0 Å². The zero-order chi connectivity index (χ0) is 15.8. The molecule has 1 aromatic carbocycles. The van der Waals surface area contributed by atoms with Crippen molar-refractivity contribution in [3.63, 3.8) is 0 Å². The molecular weight excluding hydrogens is 268 g/mol. The molecule has 116 valence electrons. The van der Waals surface area contributed by atoms with Crippen molar-refractivity contribution in [1.29, 1.82) is 0 Å². The topological polar surface area (TPSA) is 78.4 Å². The van der Waals surface area contributed by atoms with E-state index < -0.39 is 18.0 Å². The fourth-order valence-corrected chi connectivity index (χ4v) is 2.15.